The molecule has 2 aromatic rings. The van der Waals surface area contributed by atoms with Crippen molar-refractivity contribution < 1.29 is 23.5 Å². The largest absolute Gasteiger partial charge is 0.493 e. The number of methoxy groups -OCH3 is 1. The van der Waals surface area contributed by atoms with Gasteiger partial charge in [-0.05, 0) is 35.9 Å². The Kier molecular flexibility index (Phi) is 4.66. The van der Waals surface area contributed by atoms with Crippen LogP contribution < -0.4 is 9.47 Å². The smallest absolute Gasteiger partial charge is 0.315 e. The summed E-state index contributed by atoms with van der Waals surface area (Å²) >= 11 is 0. The summed E-state index contributed by atoms with van der Waals surface area (Å²) in [5.41, 5.74) is 1.06. The van der Waals surface area contributed by atoms with Crippen molar-refractivity contribution in [3.05, 3.63) is 59.4 Å². The van der Waals surface area contributed by atoms with Crippen LogP contribution in [0.2, 0.25) is 0 Å². The van der Waals surface area contributed by atoms with Crippen LogP contribution >= 0.6 is 0 Å². The number of halogens is 1. The van der Waals surface area contributed by atoms with Gasteiger partial charge >= 0.3 is 5.97 Å². The molecule has 0 spiro atoms. The van der Waals surface area contributed by atoms with Gasteiger partial charge in [0, 0.05) is 5.56 Å². The second-order valence-corrected chi connectivity index (χ2v) is 4.31. The molecule has 0 aliphatic carbocycles. The predicted octanol–water partition coefficient (Wildman–Crippen LogP) is 2.79. The van der Waals surface area contributed by atoms with Gasteiger partial charge in [-0.1, -0.05) is 12.1 Å². The highest BCUT2D eigenvalue weighted by Crippen LogP contribution is 2.27. The Balaban J connectivity index is 2.08. The van der Waals surface area contributed by atoms with Crippen molar-refractivity contribution in [3.63, 3.8) is 0 Å². The first-order valence-electron chi connectivity index (χ1n) is 6.20. The van der Waals surface area contributed by atoms with Crippen molar-refractivity contribution in [2.75, 3.05) is 7.11 Å². The molecule has 0 radical (unpaired) electrons. The zero-order valence-electron chi connectivity index (χ0n) is 11.3. The molecule has 0 amide bonds. The van der Waals surface area contributed by atoms with Crippen LogP contribution in [0, 0.1) is 5.82 Å². The average molecular weight is 288 g/mol. The Morgan fingerprint density at radius 1 is 1.14 bits per heavy atom. The topological polar surface area (TPSA) is 52.6 Å². The predicted molar refractivity (Wildman–Crippen MR) is 74.1 cm³/mol. The molecule has 0 aromatic heterocycles. The molecule has 0 fully saturated rings. The minimum absolute atomic E-state index is 0.0128. The summed E-state index contributed by atoms with van der Waals surface area (Å²) in [6, 6.07) is 10.1. The molecule has 2 aromatic carbocycles. The number of esters is 1. The number of carbonyl (C=O) groups excluding carboxylic acids is 2. The van der Waals surface area contributed by atoms with E-state index >= 15 is 0 Å². The van der Waals surface area contributed by atoms with Crippen molar-refractivity contribution in [2.45, 2.75) is 6.42 Å². The molecular weight excluding hydrogens is 275 g/mol. The lowest BCUT2D eigenvalue weighted by Crippen LogP contribution is -2.12. The highest BCUT2D eigenvalue weighted by Gasteiger charge is 2.11. The molecule has 108 valence electrons. The number of benzene rings is 2. The molecule has 4 nitrogen and oxygen atoms in total. The molecular formula is C16H13FO4. The van der Waals surface area contributed by atoms with Crippen LogP contribution in [0.5, 0.6) is 11.5 Å². The molecule has 2 rings (SSSR count). The Morgan fingerprint density at radius 2 is 1.86 bits per heavy atom. The molecule has 0 atom stereocenters. The number of rotatable bonds is 5. The lowest BCUT2D eigenvalue weighted by Gasteiger charge is -2.09. The molecule has 21 heavy (non-hydrogen) atoms. The maximum atomic E-state index is 12.8. The third-order valence-electron chi connectivity index (χ3n) is 2.81. The van der Waals surface area contributed by atoms with E-state index in [4.69, 9.17) is 9.47 Å². The fourth-order valence-corrected chi connectivity index (χ4v) is 1.77. The fraction of sp³-hybridized carbons (Fsp3) is 0.125. The van der Waals surface area contributed by atoms with E-state index in [-0.39, 0.29) is 18.0 Å². The zero-order valence-corrected chi connectivity index (χ0v) is 11.3. The van der Waals surface area contributed by atoms with Crippen LogP contribution in [0.3, 0.4) is 0 Å². The van der Waals surface area contributed by atoms with E-state index in [1.165, 1.54) is 49.6 Å². The standard InChI is InChI=1S/C16H13FO4/c1-20-15-8-12(10-18)4-7-14(15)21-16(19)9-11-2-5-13(17)6-3-11/h2-8,10H,9H2,1H3. The van der Waals surface area contributed by atoms with E-state index in [0.29, 0.717) is 23.2 Å². The number of carbonyl (C=O) groups is 2. The van der Waals surface area contributed by atoms with Gasteiger partial charge < -0.3 is 9.47 Å². The van der Waals surface area contributed by atoms with Crippen molar-refractivity contribution in [1.29, 1.82) is 0 Å². The molecule has 0 unspecified atom stereocenters. The second kappa shape index (κ2) is 6.65. The fourth-order valence-electron chi connectivity index (χ4n) is 1.77. The van der Waals surface area contributed by atoms with E-state index in [9.17, 15) is 14.0 Å². The zero-order chi connectivity index (χ0) is 15.2. The molecule has 0 heterocycles. The van der Waals surface area contributed by atoms with Gasteiger partial charge in [-0.25, -0.2) is 4.39 Å². The first-order chi connectivity index (χ1) is 10.1. The van der Waals surface area contributed by atoms with Crippen molar-refractivity contribution in [3.8, 4) is 11.5 Å². The summed E-state index contributed by atoms with van der Waals surface area (Å²) < 4.78 is 23.0. The summed E-state index contributed by atoms with van der Waals surface area (Å²) in [5, 5.41) is 0. The van der Waals surface area contributed by atoms with E-state index in [0.717, 1.165) is 0 Å². The number of ether oxygens (including phenoxy) is 2. The molecule has 0 saturated heterocycles. The highest BCUT2D eigenvalue weighted by molar-refractivity contribution is 5.79. The lowest BCUT2D eigenvalue weighted by atomic mass is 10.1. The first-order valence-corrected chi connectivity index (χ1v) is 6.20. The minimum Gasteiger partial charge on any atom is -0.493 e. The third-order valence-corrected chi connectivity index (χ3v) is 2.81. The molecule has 0 aliphatic heterocycles. The molecule has 0 N–H and O–H groups in total. The van der Waals surface area contributed by atoms with Gasteiger partial charge in [0.1, 0.15) is 12.1 Å². The van der Waals surface area contributed by atoms with Crippen LogP contribution in [-0.2, 0) is 11.2 Å². The van der Waals surface area contributed by atoms with Gasteiger partial charge in [0.2, 0.25) is 0 Å². The quantitative estimate of drug-likeness (QED) is 0.482. The molecule has 0 bridgehead atoms. The Hall–Kier alpha value is -2.69. The van der Waals surface area contributed by atoms with Gasteiger partial charge in [0.15, 0.2) is 11.5 Å². The van der Waals surface area contributed by atoms with Gasteiger partial charge in [0.05, 0.1) is 13.5 Å². The normalized spacial score (nSPS) is 10.0. The number of hydrogen-bond donors (Lipinski definition) is 0. The lowest BCUT2D eigenvalue weighted by molar-refractivity contribution is -0.133. The molecule has 5 heteroatoms. The van der Waals surface area contributed by atoms with E-state index in [2.05, 4.69) is 0 Å². The Bertz CT molecular complexity index is 650. The van der Waals surface area contributed by atoms with Gasteiger partial charge in [-0.15, -0.1) is 0 Å². The maximum Gasteiger partial charge on any atom is 0.315 e. The van der Waals surface area contributed by atoms with E-state index in [1.54, 1.807) is 0 Å². The maximum absolute atomic E-state index is 12.8. The summed E-state index contributed by atoms with van der Waals surface area (Å²) in [6.45, 7) is 0. The second-order valence-electron chi connectivity index (χ2n) is 4.31. The van der Waals surface area contributed by atoms with Crippen molar-refractivity contribution in [1.82, 2.24) is 0 Å². The Morgan fingerprint density at radius 3 is 2.48 bits per heavy atom. The summed E-state index contributed by atoms with van der Waals surface area (Å²) in [7, 11) is 1.42. The number of hydrogen-bond acceptors (Lipinski definition) is 4. The SMILES string of the molecule is COc1cc(C=O)ccc1OC(=O)Cc1ccc(F)cc1. The Labute approximate surface area is 121 Å². The first kappa shape index (κ1) is 14.7. The van der Waals surface area contributed by atoms with Crippen LogP contribution in [0.15, 0.2) is 42.5 Å². The van der Waals surface area contributed by atoms with Gasteiger partial charge in [0.25, 0.3) is 0 Å². The summed E-state index contributed by atoms with van der Waals surface area (Å²) in [4.78, 5) is 22.5. The van der Waals surface area contributed by atoms with Crippen LogP contribution in [0.25, 0.3) is 0 Å². The highest BCUT2D eigenvalue weighted by atomic mass is 19.1. The van der Waals surface area contributed by atoms with E-state index in [1.807, 2.05) is 0 Å². The summed E-state index contributed by atoms with van der Waals surface area (Å²) in [5.74, 6) is -0.334. The monoisotopic (exact) mass is 288 g/mol. The minimum atomic E-state index is -0.501. The van der Waals surface area contributed by atoms with Crippen LogP contribution in [-0.4, -0.2) is 19.4 Å². The van der Waals surface area contributed by atoms with Gasteiger partial charge in [-0.2, -0.15) is 0 Å². The molecule has 0 aliphatic rings. The van der Waals surface area contributed by atoms with Crippen LogP contribution in [0.4, 0.5) is 4.39 Å². The summed E-state index contributed by atoms with van der Waals surface area (Å²) in [6.07, 6.45) is 0.686. The van der Waals surface area contributed by atoms with Gasteiger partial charge in [-0.3, -0.25) is 9.59 Å². The average Bonchev–Trinajstić information content (AvgIpc) is 2.50. The van der Waals surface area contributed by atoms with Crippen LogP contribution in [0.1, 0.15) is 15.9 Å². The third kappa shape index (κ3) is 3.89. The van der Waals surface area contributed by atoms with Crippen molar-refractivity contribution >= 4 is 12.3 Å². The molecule has 0 saturated carbocycles. The van der Waals surface area contributed by atoms with Crippen molar-refractivity contribution in [2.24, 2.45) is 0 Å². The number of aldehydes is 1. The van der Waals surface area contributed by atoms with E-state index < -0.39 is 5.97 Å².